The van der Waals surface area contributed by atoms with Crippen molar-refractivity contribution in [2.75, 3.05) is 0 Å². The average Bonchev–Trinajstić information content (AvgIpc) is 2.71. The Morgan fingerprint density at radius 3 is 2.93 bits per heavy atom. The first-order valence-electron chi connectivity index (χ1n) is 4.47. The fourth-order valence-corrected chi connectivity index (χ4v) is 2.10. The highest BCUT2D eigenvalue weighted by molar-refractivity contribution is 7.09. The predicted molar refractivity (Wildman–Crippen MR) is 58.3 cm³/mol. The van der Waals surface area contributed by atoms with Crippen molar-refractivity contribution in [1.29, 1.82) is 0 Å². The molecule has 0 atom stereocenters. The van der Waals surface area contributed by atoms with Gasteiger partial charge in [-0.05, 0) is 23.1 Å². The van der Waals surface area contributed by atoms with Crippen LogP contribution in [-0.4, -0.2) is 16.1 Å². The van der Waals surface area contributed by atoms with E-state index in [1.165, 1.54) is 6.20 Å². The van der Waals surface area contributed by atoms with Crippen LogP contribution in [0.4, 0.5) is 0 Å². The second-order valence-corrected chi connectivity index (χ2v) is 4.10. The van der Waals surface area contributed by atoms with E-state index in [1.807, 2.05) is 17.5 Å². The van der Waals surface area contributed by atoms with Gasteiger partial charge in [-0.3, -0.25) is 0 Å². The summed E-state index contributed by atoms with van der Waals surface area (Å²) in [4.78, 5) is 15.9. The standard InChI is InChI=1S/C11H9NO2S/c13-11(14)10-8(3-1-5-12-10)7-9-4-2-6-15-9/h1-6H,7H2,(H,13,14). The molecule has 1 N–H and O–H groups in total. The molecule has 2 aromatic heterocycles. The van der Waals surface area contributed by atoms with Crippen LogP contribution in [0.5, 0.6) is 0 Å². The molecule has 0 amide bonds. The molecule has 0 fully saturated rings. The third-order valence-corrected chi connectivity index (χ3v) is 2.92. The highest BCUT2D eigenvalue weighted by Gasteiger charge is 2.11. The summed E-state index contributed by atoms with van der Waals surface area (Å²) < 4.78 is 0. The number of pyridine rings is 1. The van der Waals surface area contributed by atoms with Crippen molar-refractivity contribution >= 4 is 17.3 Å². The number of aromatic nitrogens is 1. The maximum atomic E-state index is 10.9. The predicted octanol–water partition coefficient (Wildman–Crippen LogP) is 2.43. The quantitative estimate of drug-likeness (QED) is 0.862. The van der Waals surface area contributed by atoms with Gasteiger partial charge in [0, 0.05) is 17.5 Å². The molecule has 0 spiro atoms. The van der Waals surface area contributed by atoms with Crippen LogP contribution in [0.25, 0.3) is 0 Å². The van der Waals surface area contributed by atoms with E-state index >= 15 is 0 Å². The first kappa shape index (κ1) is 9.86. The van der Waals surface area contributed by atoms with Crippen LogP contribution in [-0.2, 0) is 6.42 Å². The van der Waals surface area contributed by atoms with E-state index < -0.39 is 5.97 Å². The summed E-state index contributed by atoms with van der Waals surface area (Å²) in [7, 11) is 0. The van der Waals surface area contributed by atoms with Gasteiger partial charge in [0.25, 0.3) is 0 Å². The van der Waals surface area contributed by atoms with Crippen LogP contribution >= 0.6 is 11.3 Å². The Morgan fingerprint density at radius 2 is 2.27 bits per heavy atom. The Balaban J connectivity index is 2.32. The number of hydrogen-bond acceptors (Lipinski definition) is 3. The molecule has 0 bridgehead atoms. The summed E-state index contributed by atoms with van der Waals surface area (Å²) >= 11 is 1.62. The minimum atomic E-state index is -0.970. The first-order chi connectivity index (χ1) is 7.27. The second kappa shape index (κ2) is 4.23. The monoisotopic (exact) mass is 219 g/mol. The molecular formula is C11H9NO2S. The highest BCUT2D eigenvalue weighted by Crippen LogP contribution is 2.16. The minimum Gasteiger partial charge on any atom is -0.477 e. The van der Waals surface area contributed by atoms with E-state index in [0.29, 0.717) is 6.42 Å². The zero-order valence-electron chi connectivity index (χ0n) is 7.88. The maximum absolute atomic E-state index is 10.9. The van der Waals surface area contributed by atoms with Crippen LogP contribution in [0.2, 0.25) is 0 Å². The number of aromatic carboxylic acids is 1. The van der Waals surface area contributed by atoms with Crippen LogP contribution in [0.3, 0.4) is 0 Å². The van der Waals surface area contributed by atoms with Gasteiger partial charge in [-0.1, -0.05) is 12.1 Å². The van der Waals surface area contributed by atoms with E-state index in [4.69, 9.17) is 5.11 Å². The molecule has 76 valence electrons. The fourth-order valence-electron chi connectivity index (χ4n) is 1.37. The average molecular weight is 219 g/mol. The second-order valence-electron chi connectivity index (χ2n) is 3.07. The van der Waals surface area contributed by atoms with Gasteiger partial charge in [0.1, 0.15) is 0 Å². The third-order valence-electron chi connectivity index (χ3n) is 2.04. The number of nitrogens with zero attached hydrogens (tertiary/aromatic N) is 1. The van der Waals surface area contributed by atoms with Crippen LogP contribution in [0.15, 0.2) is 35.8 Å². The molecule has 0 radical (unpaired) electrons. The molecule has 0 saturated heterocycles. The molecule has 2 rings (SSSR count). The summed E-state index contributed by atoms with van der Waals surface area (Å²) in [6.45, 7) is 0. The number of rotatable bonds is 3. The molecule has 15 heavy (non-hydrogen) atoms. The summed E-state index contributed by atoms with van der Waals surface area (Å²) in [5.41, 5.74) is 0.901. The smallest absolute Gasteiger partial charge is 0.354 e. The Bertz CT molecular complexity index is 465. The topological polar surface area (TPSA) is 50.2 Å². The summed E-state index contributed by atoms with van der Waals surface area (Å²) in [6, 6.07) is 7.51. The van der Waals surface area contributed by atoms with E-state index in [-0.39, 0.29) is 5.69 Å². The lowest BCUT2D eigenvalue weighted by Gasteiger charge is -2.02. The van der Waals surface area contributed by atoms with Crippen molar-refractivity contribution < 1.29 is 9.90 Å². The first-order valence-corrected chi connectivity index (χ1v) is 5.35. The number of carboxylic acids is 1. The van der Waals surface area contributed by atoms with E-state index in [9.17, 15) is 4.79 Å². The van der Waals surface area contributed by atoms with E-state index in [1.54, 1.807) is 23.5 Å². The van der Waals surface area contributed by atoms with Crippen molar-refractivity contribution in [1.82, 2.24) is 4.98 Å². The number of hydrogen-bond donors (Lipinski definition) is 1. The van der Waals surface area contributed by atoms with Gasteiger partial charge < -0.3 is 5.11 Å². The third kappa shape index (κ3) is 2.22. The van der Waals surface area contributed by atoms with Gasteiger partial charge in [-0.25, -0.2) is 9.78 Å². The Hall–Kier alpha value is -1.68. The molecule has 0 aliphatic heterocycles. The Kier molecular flexibility index (Phi) is 2.78. The number of carboxylic acid groups (broad SMARTS) is 1. The van der Waals surface area contributed by atoms with Crippen LogP contribution in [0, 0.1) is 0 Å². The van der Waals surface area contributed by atoms with Gasteiger partial charge in [0.15, 0.2) is 5.69 Å². The highest BCUT2D eigenvalue weighted by atomic mass is 32.1. The lowest BCUT2D eigenvalue weighted by molar-refractivity contribution is 0.0689. The minimum absolute atomic E-state index is 0.144. The zero-order chi connectivity index (χ0) is 10.7. The van der Waals surface area contributed by atoms with Gasteiger partial charge >= 0.3 is 5.97 Å². The van der Waals surface area contributed by atoms with Crippen LogP contribution in [0.1, 0.15) is 20.9 Å². The molecule has 4 heteroatoms. The van der Waals surface area contributed by atoms with E-state index in [0.717, 1.165) is 10.4 Å². The maximum Gasteiger partial charge on any atom is 0.354 e. The summed E-state index contributed by atoms with van der Waals surface area (Å²) in [5, 5.41) is 10.9. The Labute approximate surface area is 91.0 Å². The molecule has 0 unspecified atom stereocenters. The molecule has 0 saturated carbocycles. The summed E-state index contributed by atoms with van der Waals surface area (Å²) in [5.74, 6) is -0.970. The molecule has 2 aromatic rings. The lowest BCUT2D eigenvalue weighted by atomic mass is 10.1. The van der Waals surface area contributed by atoms with Crippen molar-refractivity contribution in [3.05, 3.63) is 52.0 Å². The number of thiophene rings is 1. The van der Waals surface area contributed by atoms with Crippen molar-refractivity contribution in [2.45, 2.75) is 6.42 Å². The fraction of sp³-hybridized carbons (Fsp3) is 0.0909. The van der Waals surface area contributed by atoms with Crippen molar-refractivity contribution in [3.8, 4) is 0 Å². The molecule has 0 aromatic carbocycles. The molecule has 0 aliphatic rings. The van der Waals surface area contributed by atoms with Gasteiger partial charge in [0.2, 0.25) is 0 Å². The summed E-state index contributed by atoms with van der Waals surface area (Å²) in [6.07, 6.45) is 2.13. The zero-order valence-corrected chi connectivity index (χ0v) is 8.70. The number of carbonyl (C=O) groups is 1. The van der Waals surface area contributed by atoms with Crippen molar-refractivity contribution in [3.63, 3.8) is 0 Å². The Morgan fingerprint density at radius 1 is 1.40 bits per heavy atom. The molecule has 2 heterocycles. The lowest BCUT2D eigenvalue weighted by Crippen LogP contribution is -2.05. The van der Waals surface area contributed by atoms with Gasteiger partial charge in [-0.2, -0.15) is 0 Å². The molecule has 3 nitrogen and oxygen atoms in total. The van der Waals surface area contributed by atoms with Crippen molar-refractivity contribution in [2.24, 2.45) is 0 Å². The normalized spacial score (nSPS) is 10.1. The van der Waals surface area contributed by atoms with E-state index in [2.05, 4.69) is 4.98 Å². The van der Waals surface area contributed by atoms with Gasteiger partial charge in [0.05, 0.1) is 0 Å². The van der Waals surface area contributed by atoms with Crippen LogP contribution < -0.4 is 0 Å². The molecule has 0 aliphatic carbocycles. The SMILES string of the molecule is O=C(O)c1ncccc1Cc1cccs1. The molecular weight excluding hydrogens is 210 g/mol. The van der Waals surface area contributed by atoms with Gasteiger partial charge in [-0.15, -0.1) is 11.3 Å². The largest absolute Gasteiger partial charge is 0.477 e.